The number of aryl methyl sites for hydroxylation is 1. The summed E-state index contributed by atoms with van der Waals surface area (Å²) in [6, 6.07) is 15.4. The molecule has 0 aliphatic heterocycles. The summed E-state index contributed by atoms with van der Waals surface area (Å²) in [5.74, 6) is 0.523. The van der Waals surface area contributed by atoms with E-state index in [0.717, 1.165) is 24.0 Å². The highest BCUT2D eigenvalue weighted by molar-refractivity contribution is 5.94. The van der Waals surface area contributed by atoms with E-state index in [9.17, 15) is 4.79 Å². The fourth-order valence-corrected chi connectivity index (χ4v) is 3.75. The van der Waals surface area contributed by atoms with Crippen molar-refractivity contribution in [1.82, 2.24) is 15.3 Å². The van der Waals surface area contributed by atoms with Gasteiger partial charge in [0, 0.05) is 30.1 Å². The highest BCUT2D eigenvalue weighted by atomic mass is 16.5. The molecule has 1 aliphatic rings. The maximum absolute atomic E-state index is 12.4. The Labute approximate surface area is 183 Å². The molecule has 1 heterocycles. The van der Waals surface area contributed by atoms with E-state index in [2.05, 4.69) is 34.4 Å². The van der Waals surface area contributed by atoms with Crippen molar-refractivity contribution in [3.05, 3.63) is 83.7 Å². The molecule has 0 fully saturated rings. The lowest BCUT2D eigenvalue weighted by Gasteiger charge is -2.13. The minimum absolute atomic E-state index is 0.0678. The number of ether oxygens (including phenoxy) is 1. The standard InChI is InChI=1S/C26H27N3O2/c1-19-7-5-6-10-24(19)22-17-28-26(29-18-22)31-23-13-11-21(12-14-23)25(30)27-16-15-20-8-3-2-4-9-20/h5-8,10-14,17-18H,2-4,9,15-16H2,1H3,(H,27,30). The van der Waals surface area contributed by atoms with E-state index < -0.39 is 0 Å². The fraction of sp³-hybridized carbons (Fsp3) is 0.269. The molecule has 1 aromatic heterocycles. The highest BCUT2D eigenvalue weighted by Gasteiger charge is 2.09. The van der Waals surface area contributed by atoms with Gasteiger partial charge in [-0.2, -0.15) is 0 Å². The van der Waals surface area contributed by atoms with Gasteiger partial charge in [0.25, 0.3) is 5.91 Å². The number of amides is 1. The van der Waals surface area contributed by atoms with Gasteiger partial charge in [-0.25, -0.2) is 9.97 Å². The van der Waals surface area contributed by atoms with Gasteiger partial charge in [-0.15, -0.1) is 0 Å². The second-order valence-corrected chi connectivity index (χ2v) is 7.81. The van der Waals surface area contributed by atoms with Crippen LogP contribution in [-0.2, 0) is 0 Å². The Bertz CT molecular complexity index is 1060. The molecule has 0 saturated heterocycles. The molecule has 4 rings (SSSR count). The van der Waals surface area contributed by atoms with Gasteiger partial charge >= 0.3 is 6.01 Å². The van der Waals surface area contributed by atoms with Crippen LogP contribution in [0.1, 0.15) is 48.0 Å². The minimum atomic E-state index is -0.0678. The van der Waals surface area contributed by atoms with E-state index in [1.807, 2.05) is 18.2 Å². The lowest BCUT2D eigenvalue weighted by atomic mass is 9.97. The number of benzene rings is 2. The van der Waals surface area contributed by atoms with Crippen molar-refractivity contribution >= 4 is 5.91 Å². The molecular formula is C26H27N3O2. The molecule has 5 heteroatoms. The Morgan fingerprint density at radius 1 is 1.03 bits per heavy atom. The molecule has 1 amide bonds. The van der Waals surface area contributed by atoms with Crippen LogP contribution in [-0.4, -0.2) is 22.4 Å². The maximum atomic E-state index is 12.4. The van der Waals surface area contributed by atoms with Crippen molar-refractivity contribution < 1.29 is 9.53 Å². The van der Waals surface area contributed by atoms with Crippen molar-refractivity contribution in [2.75, 3.05) is 6.54 Å². The summed E-state index contributed by atoms with van der Waals surface area (Å²) < 4.78 is 5.73. The summed E-state index contributed by atoms with van der Waals surface area (Å²) in [6.07, 6.45) is 11.6. The summed E-state index contributed by atoms with van der Waals surface area (Å²) in [5.41, 5.74) is 5.29. The van der Waals surface area contributed by atoms with Crippen molar-refractivity contribution in [2.45, 2.75) is 39.0 Å². The van der Waals surface area contributed by atoms with Crippen LogP contribution in [0, 0.1) is 6.92 Å². The first kappa shape index (κ1) is 20.8. The molecule has 0 bridgehead atoms. The molecule has 0 unspecified atom stereocenters. The van der Waals surface area contributed by atoms with Crippen LogP contribution in [0.3, 0.4) is 0 Å². The van der Waals surface area contributed by atoms with Crippen LogP contribution in [0.2, 0.25) is 0 Å². The summed E-state index contributed by atoms with van der Waals surface area (Å²) in [5, 5.41) is 3.00. The van der Waals surface area contributed by atoms with Gasteiger partial charge < -0.3 is 10.1 Å². The van der Waals surface area contributed by atoms with Crippen LogP contribution in [0.4, 0.5) is 0 Å². The zero-order valence-corrected chi connectivity index (χ0v) is 17.8. The van der Waals surface area contributed by atoms with Gasteiger partial charge in [-0.1, -0.05) is 35.9 Å². The van der Waals surface area contributed by atoms with Gasteiger partial charge in [0.05, 0.1) is 0 Å². The number of hydrogen-bond acceptors (Lipinski definition) is 4. The molecule has 0 atom stereocenters. The van der Waals surface area contributed by atoms with Crippen LogP contribution in [0.15, 0.2) is 72.6 Å². The zero-order valence-electron chi connectivity index (χ0n) is 17.8. The molecule has 158 valence electrons. The number of carbonyl (C=O) groups is 1. The number of aromatic nitrogens is 2. The van der Waals surface area contributed by atoms with Crippen molar-refractivity contribution in [3.63, 3.8) is 0 Å². The van der Waals surface area contributed by atoms with Crippen molar-refractivity contribution in [3.8, 4) is 22.9 Å². The van der Waals surface area contributed by atoms with Gasteiger partial charge in [-0.05, 0) is 74.4 Å². The number of allylic oxidation sites excluding steroid dienone is 1. The molecule has 0 radical (unpaired) electrons. The largest absolute Gasteiger partial charge is 0.424 e. The number of nitrogens with one attached hydrogen (secondary N) is 1. The molecule has 0 spiro atoms. The first-order chi connectivity index (χ1) is 15.2. The topological polar surface area (TPSA) is 64.1 Å². The second kappa shape index (κ2) is 10.0. The second-order valence-electron chi connectivity index (χ2n) is 7.81. The predicted octanol–water partition coefficient (Wildman–Crippen LogP) is 5.86. The SMILES string of the molecule is Cc1ccccc1-c1cnc(Oc2ccc(C(=O)NCCC3=CCCCC3)cc2)nc1. The summed E-state index contributed by atoms with van der Waals surface area (Å²) in [6.45, 7) is 2.73. The van der Waals surface area contributed by atoms with Gasteiger partial charge in [0.15, 0.2) is 0 Å². The first-order valence-corrected chi connectivity index (χ1v) is 10.8. The summed E-state index contributed by atoms with van der Waals surface area (Å²) >= 11 is 0. The molecule has 1 aliphatic carbocycles. The number of carbonyl (C=O) groups excluding carboxylic acids is 1. The van der Waals surface area contributed by atoms with Crippen molar-refractivity contribution in [1.29, 1.82) is 0 Å². The van der Waals surface area contributed by atoms with E-state index in [1.54, 1.807) is 36.7 Å². The lowest BCUT2D eigenvalue weighted by molar-refractivity contribution is 0.0954. The quantitative estimate of drug-likeness (QED) is 0.492. The van der Waals surface area contributed by atoms with Gasteiger partial charge in [-0.3, -0.25) is 4.79 Å². The van der Waals surface area contributed by atoms with Crippen LogP contribution in [0.25, 0.3) is 11.1 Å². The van der Waals surface area contributed by atoms with Gasteiger partial charge in [0.1, 0.15) is 5.75 Å². The Morgan fingerprint density at radius 3 is 2.52 bits per heavy atom. The van der Waals surface area contributed by atoms with Crippen LogP contribution >= 0.6 is 0 Å². The number of rotatable bonds is 7. The third kappa shape index (κ3) is 5.57. The Morgan fingerprint density at radius 2 is 1.81 bits per heavy atom. The third-order valence-corrected chi connectivity index (χ3v) is 5.53. The van der Waals surface area contributed by atoms with Crippen molar-refractivity contribution in [2.24, 2.45) is 0 Å². The summed E-state index contributed by atoms with van der Waals surface area (Å²) in [7, 11) is 0. The monoisotopic (exact) mass is 413 g/mol. The molecule has 0 saturated carbocycles. The van der Waals surface area contributed by atoms with E-state index in [1.165, 1.54) is 30.4 Å². The van der Waals surface area contributed by atoms with Crippen LogP contribution in [0.5, 0.6) is 11.8 Å². The first-order valence-electron chi connectivity index (χ1n) is 10.8. The zero-order chi connectivity index (χ0) is 21.5. The molecule has 31 heavy (non-hydrogen) atoms. The molecular weight excluding hydrogens is 386 g/mol. The third-order valence-electron chi connectivity index (χ3n) is 5.53. The predicted molar refractivity (Wildman–Crippen MR) is 122 cm³/mol. The van der Waals surface area contributed by atoms with Gasteiger partial charge in [0.2, 0.25) is 0 Å². The fourth-order valence-electron chi connectivity index (χ4n) is 3.75. The number of hydrogen-bond donors (Lipinski definition) is 1. The average Bonchev–Trinajstić information content (AvgIpc) is 2.81. The van der Waals surface area contributed by atoms with E-state index >= 15 is 0 Å². The molecule has 1 N–H and O–H groups in total. The lowest BCUT2D eigenvalue weighted by Crippen LogP contribution is -2.24. The van der Waals surface area contributed by atoms with E-state index in [4.69, 9.17) is 4.74 Å². The molecule has 2 aromatic carbocycles. The van der Waals surface area contributed by atoms with E-state index in [0.29, 0.717) is 17.9 Å². The normalized spacial score (nSPS) is 13.4. The Kier molecular flexibility index (Phi) is 6.72. The average molecular weight is 414 g/mol. The summed E-state index contributed by atoms with van der Waals surface area (Å²) in [4.78, 5) is 21.0. The minimum Gasteiger partial charge on any atom is -0.424 e. The maximum Gasteiger partial charge on any atom is 0.321 e. The highest BCUT2D eigenvalue weighted by Crippen LogP contribution is 2.24. The molecule has 5 nitrogen and oxygen atoms in total. The van der Waals surface area contributed by atoms with E-state index in [-0.39, 0.29) is 11.9 Å². The van der Waals surface area contributed by atoms with Crippen LogP contribution < -0.4 is 10.1 Å². The molecule has 3 aromatic rings. The Balaban J connectivity index is 1.31. The smallest absolute Gasteiger partial charge is 0.321 e. The Hall–Kier alpha value is -3.47. The number of nitrogens with zero attached hydrogens (tertiary/aromatic N) is 2.